The fourth-order valence-electron chi connectivity index (χ4n) is 2.75. The van der Waals surface area contributed by atoms with Crippen LogP contribution in [0.1, 0.15) is 31.2 Å². The molecule has 1 aromatic carbocycles. The smallest absolute Gasteiger partial charge is 0.303 e. The number of ether oxygens (including phenoxy) is 1. The Hall–Kier alpha value is -1.26. The molecule has 1 fully saturated rings. The number of carbonyl (C=O) groups is 1. The number of carboxylic acids is 1. The van der Waals surface area contributed by atoms with E-state index in [9.17, 15) is 4.79 Å². The summed E-state index contributed by atoms with van der Waals surface area (Å²) < 4.78 is 5.66. The van der Waals surface area contributed by atoms with Gasteiger partial charge in [0.1, 0.15) is 0 Å². The van der Waals surface area contributed by atoms with Crippen molar-refractivity contribution in [2.75, 3.05) is 19.0 Å². The summed E-state index contributed by atoms with van der Waals surface area (Å²) in [6, 6.07) is 10.6. The zero-order chi connectivity index (χ0) is 16.3. The fourth-order valence-corrected chi connectivity index (χ4v) is 3.97. The van der Waals surface area contributed by atoms with E-state index >= 15 is 0 Å². The van der Waals surface area contributed by atoms with Gasteiger partial charge in [-0.3, -0.25) is 4.79 Å². The van der Waals surface area contributed by atoms with Crippen LogP contribution < -0.4 is 0 Å². The van der Waals surface area contributed by atoms with Crippen molar-refractivity contribution in [3.63, 3.8) is 0 Å². The Morgan fingerprint density at radius 3 is 2.78 bits per heavy atom. The average Bonchev–Trinajstić information content (AvgIpc) is 2.99. The molecule has 126 valence electrons. The molecule has 0 aromatic heterocycles. The minimum atomic E-state index is -0.710. The van der Waals surface area contributed by atoms with Gasteiger partial charge in [-0.1, -0.05) is 42.5 Å². The Kier molecular flexibility index (Phi) is 8.26. The summed E-state index contributed by atoms with van der Waals surface area (Å²) >= 11 is 1.99. The number of hydrogen-bond acceptors (Lipinski definition) is 3. The number of benzene rings is 1. The molecule has 1 saturated heterocycles. The van der Waals surface area contributed by atoms with Crippen molar-refractivity contribution in [1.29, 1.82) is 0 Å². The molecular weight excluding hydrogens is 308 g/mol. The summed E-state index contributed by atoms with van der Waals surface area (Å²) in [6.45, 7) is 1.73. The van der Waals surface area contributed by atoms with E-state index < -0.39 is 5.97 Å². The van der Waals surface area contributed by atoms with Crippen molar-refractivity contribution in [1.82, 2.24) is 0 Å². The van der Waals surface area contributed by atoms with Crippen molar-refractivity contribution in [3.8, 4) is 0 Å². The molecule has 1 aromatic rings. The minimum Gasteiger partial charge on any atom is -0.481 e. The van der Waals surface area contributed by atoms with Crippen LogP contribution in [0.2, 0.25) is 0 Å². The lowest BCUT2D eigenvalue weighted by atomic mass is 9.94. The molecule has 0 unspecified atom stereocenters. The summed E-state index contributed by atoms with van der Waals surface area (Å²) in [5, 5.41) is 8.60. The first-order valence-electron chi connectivity index (χ1n) is 8.32. The zero-order valence-electron chi connectivity index (χ0n) is 13.5. The molecule has 0 saturated carbocycles. The summed E-state index contributed by atoms with van der Waals surface area (Å²) in [4.78, 5) is 10.4. The highest BCUT2D eigenvalue weighted by Crippen LogP contribution is 2.28. The number of allylic oxidation sites excluding steroid dienone is 2. The molecule has 0 radical (unpaired) electrons. The van der Waals surface area contributed by atoms with E-state index in [-0.39, 0.29) is 6.42 Å². The summed E-state index contributed by atoms with van der Waals surface area (Å²) in [7, 11) is 0. The first-order chi connectivity index (χ1) is 11.3. The monoisotopic (exact) mass is 334 g/mol. The maximum atomic E-state index is 10.4. The third kappa shape index (κ3) is 7.23. The van der Waals surface area contributed by atoms with Crippen LogP contribution in [-0.2, 0) is 15.3 Å². The second-order valence-corrected chi connectivity index (χ2v) is 7.08. The zero-order valence-corrected chi connectivity index (χ0v) is 14.3. The Labute approximate surface area is 143 Å². The van der Waals surface area contributed by atoms with Crippen LogP contribution in [0.3, 0.4) is 0 Å². The van der Waals surface area contributed by atoms with Gasteiger partial charge in [-0.15, -0.1) is 0 Å². The molecule has 0 amide bonds. The number of thioether (sulfide) groups is 1. The highest BCUT2D eigenvalue weighted by atomic mass is 32.2. The molecular formula is C19H26O3S. The number of hydrogen-bond donors (Lipinski definition) is 1. The Morgan fingerprint density at radius 2 is 2.00 bits per heavy atom. The SMILES string of the molecule is O=C(O)CCC/C=C\C[C@H]1COC[C@H]1CSCc1ccccc1. The van der Waals surface area contributed by atoms with Gasteiger partial charge < -0.3 is 9.84 Å². The van der Waals surface area contributed by atoms with E-state index in [0.717, 1.165) is 44.0 Å². The van der Waals surface area contributed by atoms with Gasteiger partial charge >= 0.3 is 5.97 Å². The lowest BCUT2D eigenvalue weighted by Gasteiger charge is -2.15. The standard InChI is InChI=1S/C19H26O3S/c20-19(21)11-7-2-1-6-10-17-12-22-13-18(17)15-23-14-16-8-4-3-5-9-16/h1,3-6,8-9,17-18H,2,7,10-15H2,(H,20,21)/b6-1-/t17-,18-/m0/s1. The molecule has 1 aliphatic rings. The van der Waals surface area contributed by atoms with Crippen molar-refractivity contribution in [2.24, 2.45) is 11.8 Å². The molecule has 0 aliphatic carbocycles. The largest absolute Gasteiger partial charge is 0.481 e. The van der Waals surface area contributed by atoms with E-state index in [1.807, 2.05) is 11.8 Å². The summed E-state index contributed by atoms with van der Waals surface area (Å²) in [6.07, 6.45) is 7.21. The second kappa shape index (κ2) is 10.5. The predicted octanol–water partition coefficient (Wildman–Crippen LogP) is 4.38. The molecule has 3 nitrogen and oxygen atoms in total. The van der Waals surface area contributed by atoms with Crippen LogP contribution in [0.25, 0.3) is 0 Å². The quantitative estimate of drug-likeness (QED) is 0.509. The van der Waals surface area contributed by atoms with Crippen molar-refractivity contribution in [2.45, 2.75) is 31.4 Å². The molecule has 0 spiro atoms. The van der Waals surface area contributed by atoms with Crippen LogP contribution in [0.4, 0.5) is 0 Å². The van der Waals surface area contributed by atoms with E-state index in [2.05, 4.69) is 42.5 Å². The van der Waals surface area contributed by atoms with Gasteiger partial charge in [0.2, 0.25) is 0 Å². The fraction of sp³-hybridized carbons (Fsp3) is 0.526. The predicted molar refractivity (Wildman–Crippen MR) is 95.6 cm³/mol. The lowest BCUT2D eigenvalue weighted by Crippen LogP contribution is -2.14. The maximum Gasteiger partial charge on any atom is 0.303 e. The molecule has 1 N–H and O–H groups in total. The molecule has 4 heteroatoms. The average molecular weight is 334 g/mol. The normalized spacial score (nSPS) is 21.0. The van der Waals surface area contributed by atoms with Crippen molar-refractivity contribution >= 4 is 17.7 Å². The van der Waals surface area contributed by atoms with Gasteiger partial charge in [-0.05, 0) is 42.4 Å². The van der Waals surface area contributed by atoms with Crippen molar-refractivity contribution in [3.05, 3.63) is 48.0 Å². The van der Waals surface area contributed by atoms with Gasteiger partial charge in [0.05, 0.1) is 13.2 Å². The van der Waals surface area contributed by atoms with Gasteiger partial charge in [0, 0.05) is 12.2 Å². The summed E-state index contributed by atoms with van der Waals surface area (Å²) in [5.74, 6) is 2.74. The van der Waals surface area contributed by atoms with E-state index in [1.165, 1.54) is 5.56 Å². The molecule has 1 aliphatic heterocycles. The number of aliphatic carboxylic acids is 1. The number of rotatable bonds is 10. The van der Waals surface area contributed by atoms with Gasteiger partial charge in [-0.2, -0.15) is 11.8 Å². The minimum absolute atomic E-state index is 0.260. The third-order valence-electron chi connectivity index (χ3n) is 4.14. The Morgan fingerprint density at radius 1 is 1.22 bits per heavy atom. The molecule has 1 heterocycles. The van der Waals surface area contributed by atoms with Crippen LogP contribution in [0.15, 0.2) is 42.5 Å². The number of carboxylic acid groups (broad SMARTS) is 1. The molecule has 2 atom stereocenters. The second-order valence-electron chi connectivity index (χ2n) is 6.05. The molecule has 23 heavy (non-hydrogen) atoms. The van der Waals surface area contributed by atoms with Crippen LogP contribution >= 0.6 is 11.8 Å². The van der Waals surface area contributed by atoms with E-state index in [0.29, 0.717) is 11.8 Å². The van der Waals surface area contributed by atoms with Gasteiger partial charge in [-0.25, -0.2) is 0 Å². The highest BCUT2D eigenvalue weighted by molar-refractivity contribution is 7.98. The number of unbranched alkanes of at least 4 members (excludes halogenated alkanes) is 1. The maximum absolute atomic E-state index is 10.4. The first kappa shape index (κ1) is 18.1. The highest BCUT2D eigenvalue weighted by Gasteiger charge is 2.26. The third-order valence-corrected chi connectivity index (χ3v) is 5.34. The van der Waals surface area contributed by atoms with E-state index in [1.54, 1.807) is 0 Å². The Bertz CT molecular complexity index is 487. The van der Waals surface area contributed by atoms with Gasteiger partial charge in [0.25, 0.3) is 0 Å². The van der Waals surface area contributed by atoms with Crippen LogP contribution in [-0.4, -0.2) is 30.0 Å². The topological polar surface area (TPSA) is 46.5 Å². The summed E-state index contributed by atoms with van der Waals surface area (Å²) in [5.41, 5.74) is 1.38. The molecule has 0 bridgehead atoms. The van der Waals surface area contributed by atoms with Gasteiger partial charge in [0.15, 0.2) is 0 Å². The molecule has 2 rings (SSSR count). The van der Waals surface area contributed by atoms with E-state index in [4.69, 9.17) is 9.84 Å². The first-order valence-corrected chi connectivity index (χ1v) is 9.47. The van der Waals surface area contributed by atoms with Crippen LogP contribution in [0.5, 0.6) is 0 Å². The van der Waals surface area contributed by atoms with Crippen molar-refractivity contribution < 1.29 is 14.6 Å². The Balaban J connectivity index is 1.62. The lowest BCUT2D eigenvalue weighted by molar-refractivity contribution is -0.137. The van der Waals surface area contributed by atoms with Crippen LogP contribution in [0, 0.1) is 11.8 Å².